The van der Waals surface area contributed by atoms with Gasteiger partial charge < -0.3 is 24.8 Å². The van der Waals surface area contributed by atoms with Gasteiger partial charge in [0.15, 0.2) is 5.82 Å². The summed E-state index contributed by atoms with van der Waals surface area (Å²) < 4.78 is 18.2. The molecule has 1 fully saturated rings. The molecule has 1 aromatic heterocycles. The number of anilines is 2. The molecule has 0 spiro atoms. The summed E-state index contributed by atoms with van der Waals surface area (Å²) in [6, 6.07) is 15.0. The standard InChI is InChI=1S/C29H35N5O4/c1-22(21-36-3)38-27-19-24(17-25(20-27)29(35)31-28-9-11-33(2)32-28)8-7-23-5-4-6-26(18-23)30-10-12-34-13-15-37-16-14-34/h4-6,9,11,17-20,22,30H,10,12-16,21H2,1-3H3,(H,31,32,35)/t22-/m0/s1. The Labute approximate surface area is 224 Å². The maximum atomic E-state index is 13.0. The van der Waals surface area contributed by atoms with Crippen LogP contribution in [0, 0.1) is 11.8 Å². The first-order valence-electron chi connectivity index (χ1n) is 12.8. The van der Waals surface area contributed by atoms with Crippen LogP contribution < -0.4 is 15.4 Å². The van der Waals surface area contributed by atoms with E-state index < -0.39 is 0 Å². The first-order chi connectivity index (χ1) is 18.5. The Morgan fingerprint density at radius 2 is 1.95 bits per heavy atom. The van der Waals surface area contributed by atoms with E-state index in [2.05, 4.69) is 32.5 Å². The highest BCUT2D eigenvalue weighted by molar-refractivity contribution is 6.04. The summed E-state index contributed by atoms with van der Waals surface area (Å²) in [5.74, 6) is 7.15. The molecule has 3 aromatic rings. The van der Waals surface area contributed by atoms with E-state index in [0.29, 0.717) is 29.3 Å². The molecule has 1 aliphatic heterocycles. The smallest absolute Gasteiger partial charge is 0.257 e. The van der Waals surface area contributed by atoms with Gasteiger partial charge in [-0.05, 0) is 43.3 Å². The molecule has 0 radical (unpaired) electrons. The SMILES string of the molecule is COC[C@H](C)Oc1cc(C#Cc2cccc(NCCN3CCOCC3)c2)cc(C(=O)Nc2ccn(C)n2)c1. The fourth-order valence-corrected chi connectivity index (χ4v) is 4.08. The average molecular weight is 518 g/mol. The first-order valence-corrected chi connectivity index (χ1v) is 12.8. The number of amides is 1. The van der Waals surface area contributed by atoms with Crippen molar-refractivity contribution in [2.45, 2.75) is 13.0 Å². The Morgan fingerprint density at radius 3 is 2.71 bits per heavy atom. The van der Waals surface area contributed by atoms with Crippen LogP contribution in [0.25, 0.3) is 0 Å². The van der Waals surface area contributed by atoms with E-state index in [1.165, 1.54) is 0 Å². The number of rotatable bonds is 10. The Kier molecular flexibility index (Phi) is 9.76. The van der Waals surface area contributed by atoms with Crippen molar-refractivity contribution in [3.63, 3.8) is 0 Å². The second-order valence-electron chi connectivity index (χ2n) is 9.17. The number of aryl methyl sites for hydroxylation is 1. The Hall–Kier alpha value is -3.84. The van der Waals surface area contributed by atoms with Gasteiger partial charge in [0.25, 0.3) is 5.91 Å². The highest BCUT2D eigenvalue weighted by atomic mass is 16.5. The first kappa shape index (κ1) is 27.2. The van der Waals surface area contributed by atoms with Crippen molar-refractivity contribution < 1.29 is 19.0 Å². The molecule has 0 unspecified atom stereocenters. The highest BCUT2D eigenvalue weighted by Crippen LogP contribution is 2.20. The molecule has 9 heteroatoms. The van der Waals surface area contributed by atoms with Gasteiger partial charge in [-0.3, -0.25) is 14.4 Å². The van der Waals surface area contributed by atoms with Crippen molar-refractivity contribution >= 4 is 17.4 Å². The van der Waals surface area contributed by atoms with Crippen LogP contribution in [-0.4, -0.2) is 79.8 Å². The van der Waals surface area contributed by atoms with Gasteiger partial charge >= 0.3 is 0 Å². The van der Waals surface area contributed by atoms with Crippen molar-refractivity contribution in [2.75, 3.05) is 63.7 Å². The molecule has 2 aromatic carbocycles. The zero-order valence-electron chi connectivity index (χ0n) is 22.2. The largest absolute Gasteiger partial charge is 0.488 e. The van der Waals surface area contributed by atoms with E-state index in [1.54, 1.807) is 43.2 Å². The van der Waals surface area contributed by atoms with Crippen LogP contribution in [0.2, 0.25) is 0 Å². The van der Waals surface area contributed by atoms with E-state index in [1.807, 2.05) is 37.3 Å². The topological polar surface area (TPSA) is 89.9 Å². The minimum absolute atomic E-state index is 0.185. The maximum absolute atomic E-state index is 13.0. The molecular formula is C29H35N5O4. The summed E-state index contributed by atoms with van der Waals surface area (Å²) in [6.45, 7) is 7.71. The molecule has 4 rings (SSSR count). The summed E-state index contributed by atoms with van der Waals surface area (Å²) in [6.07, 6.45) is 1.58. The second kappa shape index (κ2) is 13.6. The third-order valence-electron chi connectivity index (χ3n) is 5.94. The number of carbonyl (C=O) groups excluding carboxylic acids is 1. The van der Waals surface area contributed by atoms with Gasteiger partial charge in [-0.1, -0.05) is 17.9 Å². The molecule has 1 saturated heterocycles. The van der Waals surface area contributed by atoms with Gasteiger partial charge in [-0.15, -0.1) is 0 Å². The number of methoxy groups -OCH3 is 1. The summed E-state index contributed by atoms with van der Waals surface area (Å²) in [5, 5.41) is 10.5. The van der Waals surface area contributed by atoms with Crippen LogP contribution in [0.15, 0.2) is 54.7 Å². The zero-order chi connectivity index (χ0) is 26.7. The molecule has 1 aliphatic rings. The van der Waals surface area contributed by atoms with Crippen LogP contribution >= 0.6 is 0 Å². The minimum Gasteiger partial charge on any atom is -0.488 e. The molecule has 1 atom stereocenters. The number of morpholine rings is 1. The van der Waals surface area contributed by atoms with Gasteiger partial charge in [0.05, 0.1) is 19.8 Å². The lowest BCUT2D eigenvalue weighted by Crippen LogP contribution is -2.39. The summed E-state index contributed by atoms with van der Waals surface area (Å²) in [5.41, 5.74) is 3.00. The number of aromatic nitrogens is 2. The fraction of sp³-hybridized carbons (Fsp3) is 0.379. The molecular weight excluding hydrogens is 482 g/mol. The Balaban J connectivity index is 1.48. The minimum atomic E-state index is -0.289. The average Bonchev–Trinajstić information content (AvgIpc) is 3.32. The molecule has 200 valence electrons. The third-order valence-corrected chi connectivity index (χ3v) is 5.94. The van der Waals surface area contributed by atoms with E-state index in [9.17, 15) is 4.79 Å². The van der Waals surface area contributed by atoms with E-state index in [4.69, 9.17) is 14.2 Å². The van der Waals surface area contributed by atoms with Gasteiger partial charge in [-0.25, -0.2) is 0 Å². The molecule has 0 saturated carbocycles. The van der Waals surface area contributed by atoms with Gasteiger partial charge in [0.1, 0.15) is 11.9 Å². The van der Waals surface area contributed by atoms with Crippen molar-refractivity contribution in [3.8, 4) is 17.6 Å². The number of hydrogen-bond acceptors (Lipinski definition) is 7. The zero-order valence-corrected chi connectivity index (χ0v) is 22.2. The second-order valence-corrected chi connectivity index (χ2v) is 9.17. The summed E-state index contributed by atoms with van der Waals surface area (Å²) >= 11 is 0. The van der Waals surface area contributed by atoms with Crippen LogP contribution in [-0.2, 0) is 16.5 Å². The molecule has 9 nitrogen and oxygen atoms in total. The lowest BCUT2D eigenvalue weighted by molar-refractivity contribution is 0.0398. The molecule has 0 aliphatic carbocycles. The van der Waals surface area contributed by atoms with Crippen molar-refractivity contribution in [3.05, 3.63) is 71.4 Å². The van der Waals surface area contributed by atoms with Crippen LogP contribution in [0.3, 0.4) is 0 Å². The molecule has 38 heavy (non-hydrogen) atoms. The fourth-order valence-electron chi connectivity index (χ4n) is 4.08. The lowest BCUT2D eigenvalue weighted by atomic mass is 10.1. The number of nitrogens with one attached hydrogen (secondary N) is 2. The van der Waals surface area contributed by atoms with Crippen LogP contribution in [0.5, 0.6) is 5.75 Å². The Morgan fingerprint density at radius 1 is 1.13 bits per heavy atom. The van der Waals surface area contributed by atoms with E-state index in [0.717, 1.165) is 50.6 Å². The van der Waals surface area contributed by atoms with Crippen LogP contribution in [0.1, 0.15) is 28.4 Å². The predicted octanol–water partition coefficient (Wildman–Crippen LogP) is 3.23. The maximum Gasteiger partial charge on any atom is 0.257 e. The highest BCUT2D eigenvalue weighted by Gasteiger charge is 2.13. The number of nitrogens with zero attached hydrogens (tertiary/aromatic N) is 3. The lowest BCUT2D eigenvalue weighted by Gasteiger charge is -2.26. The Bertz CT molecular complexity index is 1270. The molecule has 2 heterocycles. The van der Waals surface area contributed by atoms with Crippen molar-refractivity contribution in [1.82, 2.24) is 14.7 Å². The quantitative estimate of drug-likeness (QED) is 0.399. The van der Waals surface area contributed by atoms with Crippen LogP contribution in [0.4, 0.5) is 11.5 Å². The van der Waals surface area contributed by atoms with Crippen molar-refractivity contribution in [2.24, 2.45) is 7.05 Å². The van der Waals surface area contributed by atoms with Gasteiger partial charge in [-0.2, -0.15) is 5.10 Å². The normalized spacial score (nSPS) is 14.3. The monoisotopic (exact) mass is 517 g/mol. The summed E-state index contributed by atoms with van der Waals surface area (Å²) in [7, 11) is 3.42. The van der Waals surface area contributed by atoms with Crippen molar-refractivity contribution in [1.29, 1.82) is 0 Å². The number of carbonyl (C=O) groups is 1. The number of ether oxygens (including phenoxy) is 3. The summed E-state index contributed by atoms with van der Waals surface area (Å²) in [4.78, 5) is 15.4. The van der Waals surface area contributed by atoms with E-state index in [-0.39, 0.29) is 12.0 Å². The van der Waals surface area contributed by atoms with E-state index >= 15 is 0 Å². The predicted molar refractivity (Wildman–Crippen MR) is 148 cm³/mol. The molecule has 2 N–H and O–H groups in total. The number of benzene rings is 2. The molecule has 0 bridgehead atoms. The van der Waals surface area contributed by atoms with Gasteiger partial charge in [0, 0.05) is 75.0 Å². The third kappa shape index (κ3) is 8.35. The van der Waals surface area contributed by atoms with Gasteiger partial charge in [0.2, 0.25) is 0 Å². The molecule has 1 amide bonds. The number of hydrogen-bond donors (Lipinski definition) is 2.